The molecule has 4 rings (SSSR count). The Morgan fingerprint density at radius 2 is 1.41 bits per heavy atom. The molecule has 7 nitrogen and oxygen atoms in total. The number of benzene rings is 4. The molecule has 0 unspecified atom stereocenters. The summed E-state index contributed by atoms with van der Waals surface area (Å²) in [5.41, 5.74) is 2.20. The zero-order valence-electron chi connectivity index (χ0n) is 22.9. The van der Waals surface area contributed by atoms with Gasteiger partial charge in [-0.1, -0.05) is 84.4 Å². The van der Waals surface area contributed by atoms with Crippen molar-refractivity contribution in [1.29, 1.82) is 0 Å². The van der Waals surface area contributed by atoms with Crippen LogP contribution in [-0.2, 0) is 32.6 Å². The lowest BCUT2D eigenvalue weighted by molar-refractivity contribution is -0.139. The fourth-order valence-electron chi connectivity index (χ4n) is 4.49. The Hall–Kier alpha value is -4.50. The molecular weight excluding hydrogens is 541 g/mol. The van der Waals surface area contributed by atoms with Gasteiger partial charge in [-0.15, -0.1) is 0 Å². The number of aryl methyl sites for hydroxylation is 1. The van der Waals surface area contributed by atoms with Crippen LogP contribution in [0.5, 0.6) is 0 Å². The molecule has 212 valence electrons. The molecule has 0 heterocycles. The summed E-state index contributed by atoms with van der Waals surface area (Å²) >= 11 is 0. The van der Waals surface area contributed by atoms with Crippen LogP contribution in [0.2, 0.25) is 0 Å². The van der Waals surface area contributed by atoms with E-state index in [1.54, 1.807) is 48.5 Å². The van der Waals surface area contributed by atoms with Crippen molar-refractivity contribution in [2.24, 2.45) is 0 Å². The van der Waals surface area contributed by atoms with Crippen LogP contribution in [0.25, 0.3) is 0 Å². The van der Waals surface area contributed by atoms with Crippen molar-refractivity contribution in [3.05, 3.63) is 132 Å². The third kappa shape index (κ3) is 7.18. The van der Waals surface area contributed by atoms with E-state index in [1.807, 2.05) is 37.3 Å². The van der Waals surface area contributed by atoms with Crippen molar-refractivity contribution in [3.8, 4) is 0 Å². The molecule has 0 aliphatic carbocycles. The Bertz CT molecular complexity index is 1580. The molecule has 9 heteroatoms. The van der Waals surface area contributed by atoms with Gasteiger partial charge in [-0.3, -0.25) is 13.9 Å². The van der Waals surface area contributed by atoms with Gasteiger partial charge in [-0.05, 0) is 42.8 Å². The number of nitrogens with one attached hydrogen (secondary N) is 1. The first-order valence-corrected chi connectivity index (χ1v) is 14.6. The predicted octanol–water partition coefficient (Wildman–Crippen LogP) is 4.72. The van der Waals surface area contributed by atoms with Crippen molar-refractivity contribution in [2.75, 3.05) is 17.9 Å². The molecule has 2 amide bonds. The van der Waals surface area contributed by atoms with E-state index in [2.05, 4.69) is 5.32 Å². The van der Waals surface area contributed by atoms with E-state index < -0.39 is 40.2 Å². The number of nitrogens with zero attached hydrogens (tertiary/aromatic N) is 2. The highest BCUT2D eigenvalue weighted by molar-refractivity contribution is 7.92. The van der Waals surface area contributed by atoms with E-state index in [-0.39, 0.29) is 29.1 Å². The van der Waals surface area contributed by atoms with E-state index in [4.69, 9.17) is 0 Å². The highest BCUT2D eigenvalue weighted by atomic mass is 32.2. The molecule has 0 saturated carbocycles. The van der Waals surface area contributed by atoms with Crippen LogP contribution < -0.4 is 9.62 Å². The van der Waals surface area contributed by atoms with Gasteiger partial charge in [0.05, 0.1) is 10.6 Å². The van der Waals surface area contributed by atoms with Gasteiger partial charge in [0.15, 0.2) is 0 Å². The van der Waals surface area contributed by atoms with Gasteiger partial charge in [0.1, 0.15) is 18.4 Å². The average molecular weight is 574 g/mol. The Balaban J connectivity index is 1.78. The van der Waals surface area contributed by atoms with E-state index in [9.17, 15) is 22.4 Å². The number of likely N-dealkylation sites (N-methyl/N-ethyl adjacent to an activating group) is 1. The maximum Gasteiger partial charge on any atom is 0.264 e. The van der Waals surface area contributed by atoms with E-state index in [0.717, 1.165) is 15.4 Å². The Labute approximate surface area is 240 Å². The molecule has 0 aliphatic rings. The fourth-order valence-corrected chi connectivity index (χ4v) is 5.93. The lowest BCUT2D eigenvalue weighted by Gasteiger charge is -2.33. The third-order valence-corrected chi connectivity index (χ3v) is 8.54. The van der Waals surface area contributed by atoms with Crippen LogP contribution in [-0.4, -0.2) is 44.8 Å². The normalized spacial score (nSPS) is 11.9. The van der Waals surface area contributed by atoms with Crippen molar-refractivity contribution >= 4 is 27.5 Å². The second-order valence-electron chi connectivity index (χ2n) is 9.59. The van der Waals surface area contributed by atoms with E-state index in [0.29, 0.717) is 0 Å². The SMILES string of the molecule is CNC(=O)[C@H](Cc1ccccc1)N(Cc1ccccc1F)C(=O)CN(c1ccc(C)cc1)S(=O)(=O)c1ccccc1. The monoisotopic (exact) mass is 573 g/mol. The zero-order chi connectivity index (χ0) is 29.4. The highest BCUT2D eigenvalue weighted by Crippen LogP contribution is 2.25. The molecule has 0 saturated heterocycles. The zero-order valence-corrected chi connectivity index (χ0v) is 23.7. The molecule has 1 N–H and O–H groups in total. The molecular formula is C32H32FN3O4S. The number of amides is 2. The van der Waals surface area contributed by atoms with E-state index >= 15 is 0 Å². The molecule has 4 aromatic carbocycles. The summed E-state index contributed by atoms with van der Waals surface area (Å²) in [5, 5.41) is 2.61. The summed E-state index contributed by atoms with van der Waals surface area (Å²) < 4.78 is 43.6. The van der Waals surface area contributed by atoms with Crippen LogP contribution in [0.4, 0.5) is 10.1 Å². The molecule has 0 aliphatic heterocycles. The van der Waals surface area contributed by atoms with Crippen LogP contribution in [0, 0.1) is 12.7 Å². The number of carbonyl (C=O) groups excluding carboxylic acids is 2. The molecule has 0 aromatic heterocycles. The van der Waals surface area contributed by atoms with Gasteiger partial charge in [0, 0.05) is 25.6 Å². The third-order valence-electron chi connectivity index (χ3n) is 6.75. The summed E-state index contributed by atoms with van der Waals surface area (Å²) in [6.07, 6.45) is 0.149. The Kier molecular flexibility index (Phi) is 9.52. The van der Waals surface area contributed by atoms with Crippen LogP contribution in [0.1, 0.15) is 16.7 Å². The van der Waals surface area contributed by atoms with Crippen molar-refractivity contribution in [2.45, 2.75) is 30.8 Å². The van der Waals surface area contributed by atoms with Crippen molar-refractivity contribution < 1.29 is 22.4 Å². The number of rotatable bonds is 11. The minimum Gasteiger partial charge on any atom is -0.357 e. The van der Waals surface area contributed by atoms with Gasteiger partial charge >= 0.3 is 0 Å². The highest BCUT2D eigenvalue weighted by Gasteiger charge is 2.34. The number of sulfonamides is 1. The first-order chi connectivity index (χ1) is 19.7. The molecule has 41 heavy (non-hydrogen) atoms. The second-order valence-corrected chi connectivity index (χ2v) is 11.5. The second kappa shape index (κ2) is 13.2. The number of carbonyl (C=O) groups is 2. The Morgan fingerprint density at radius 1 is 0.829 bits per heavy atom. The first kappa shape index (κ1) is 29.5. The molecule has 0 bridgehead atoms. The maximum absolute atomic E-state index is 14.8. The number of anilines is 1. The number of hydrogen-bond acceptors (Lipinski definition) is 4. The van der Waals surface area contributed by atoms with Gasteiger partial charge in [-0.25, -0.2) is 12.8 Å². The van der Waals surface area contributed by atoms with Crippen molar-refractivity contribution in [3.63, 3.8) is 0 Å². The summed E-state index contributed by atoms with van der Waals surface area (Å²) in [6, 6.07) is 28.7. The van der Waals surface area contributed by atoms with Gasteiger partial charge in [0.2, 0.25) is 11.8 Å². The van der Waals surface area contributed by atoms with Crippen LogP contribution in [0.3, 0.4) is 0 Å². The molecule has 0 radical (unpaired) electrons. The maximum atomic E-state index is 14.8. The van der Waals surface area contributed by atoms with Gasteiger partial charge < -0.3 is 10.2 Å². The number of hydrogen-bond donors (Lipinski definition) is 1. The van der Waals surface area contributed by atoms with Gasteiger partial charge in [0.25, 0.3) is 10.0 Å². The van der Waals surface area contributed by atoms with Crippen LogP contribution in [0.15, 0.2) is 114 Å². The average Bonchev–Trinajstić information content (AvgIpc) is 2.99. The largest absolute Gasteiger partial charge is 0.357 e. The summed E-state index contributed by atoms with van der Waals surface area (Å²) in [7, 11) is -2.71. The summed E-state index contributed by atoms with van der Waals surface area (Å²) in [4.78, 5) is 28.6. The van der Waals surface area contributed by atoms with E-state index in [1.165, 1.54) is 42.3 Å². The number of halogens is 1. The molecule has 0 spiro atoms. The lowest BCUT2D eigenvalue weighted by atomic mass is 10.0. The molecule has 1 atom stereocenters. The first-order valence-electron chi connectivity index (χ1n) is 13.1. The van der Waals surface area contributed by atoms with Gasteiger partial charge in [-0.2, -0.15) is 0 Å². The topological polar surface area (TPSA) is 86.8 Å². The summed E-state index contributed by atoms with van der Waals surface area (Å²) in [5.74, 6) is -1.64. The van der Waals surface area contributed by atoms with Crippen molar-refractivity contribution in [1.82, 2.24) is 10.2 Å². The van der Waals surface area contributed by atoms with Crippen LogP contribution >= 0.6 is 0 Å². The quantitative estimate of drug-likeness (QED) is 0.282. The lowest BCUT2D eigenvalue weighted by Crippen LogP contribution is -2.53. The predicted molar refractivity (Wildman–Crippen MR) is 157 cm³/mol. The minimum atomic E-state index is -4.18. The standard InChI is InChI=1S/C32H32FN3O4S/c1-24-17-19-27(20-18-24)36(41(39,40)28-14-7-4-8-15-28)23-31(37)35(22-26-13-9-10-16-29(26)33)30(32(38)34-2)21-25-11-5-3-6-12-25/h3-20,30H,21-23H2,1-2H3,(H,34,38)/t30-/m0/s1. The smallest absolute Gasteiger partial charge is 0.264 e. The Morgan fingerprint density at radius 3 is 2.02 bits per heavy atom. The molecule has 0 fully saturated rings. The minimum absolute atomic E-state index is 0.0150. The summed E-state index contributed by atoms with van der Waals surface area (Å²) in [6.45, 7) is 1.04. The fraction of sp³-hybridized carbons (Fsp3) is 0.188. The molecule has 4 aromatic rings.